The van der Waals surface area contributed by atoms with Crippen LogP contribution in [-0.2, 0) is 4.79 Å². The van der Waals surface area contributed by atoms with Crippen LogP contribution in [0.25, 0.3) is 0 Å². The van der Waals surface area contributed by atoms with Gasteiger partial charge in [-0.3, -0.25) is 4.79 Å². The molecule has 0 fully saturated rings. The fraction of sp³-hybridized carbons (Fsp3) is 0.136. The molecule has 0 N–H and O–H groups in total. The largest absolute Gasteiger partial charge is 1.00 e. The van der Waals surface area contributed by atoms with E-state index in [1.54, 1.807) is 4.90 Å². The lowest BCUT2D eigenvalue weighted by Crippen LogP contribution is -3.00. The van der Waals surface area contributed by atoms with E-state index in [9.17, 15) is 4.79 Å². The van der Waals surface area contributed by atoms with Crippen LogP contribution < -0.4 is 32.9 Å². The smallest absolute Gasteiger partial charge is 0.260 e. The molecule has 0 aliphatic heterocycles. The third-order valence-electron chi connectivity index (χ3n) is 4.46. The fourth-order valence-electron chi connectivity index (χ4n) is 3.11. The van der Waals surface area contributed by atoms with Gasteiger partial charge in [0.15, 0.2) is 6.16 Å². The maximum absolute atomic E-state index is 12.8. The molecule has 0 atom stereocenters. The van der Waals surface area contributed by atoms with E-state index in [1.165, 1.54) is 15.9 Å². The molecule has 3 aromatic rings. The molecular formula is C22H23BrNOP. The molecule has 0 aromatic heterocycles. The average Bonchev–Trinajstić information content (AvgIpc) is 2.68. The summed E-state index contributed by atoms with van der Waals surface area (Å²) in [7, 11) is 1.61. The number of benzene rings is 3. The maximum Gasteiger partial charge on any atom is 0.260 e. The van der Waals surface area contributed by atoms with Crippen molar-refractivity contribution >= 4 is 29.1 Å². The van der Waals surface area contributed by atoms with Crippen LogP contribution in [0.1, 0.15) is 0 Å². The number of carbonyl (C=O) groups excluding carboxylic acids is 1. The van der Waals surface area contributed by atoms with E-state index in [4.69, 9.17) is 0 Å². The summed E-state index contributed by atoms with van der Waals surface area (Å²) < 4.78 is 0. The molecule has 0 radical (unpaired) electrons. The molecule has 4 heteroatoms. The van der Waals surface area contributed by atoms with Gasteiger partial charge in [0, 0.05) is 14.1 Å². The lowest BCUT2D eigenvalue weighted by atomic mass is 10.4. The van der Waals surface area contributed by atoms with Gasteiger partial charge in [0.1, 0.15) is 23.2 Å². The predicted molar refractivity (Wildman–Crippen MR) is 109 cm³/mol. The molecule has 26 heavy (non-hydrogen) atoms. The molecule has 1 amide bonds. The number of halogens is 1. The molecular weight excluding hydrogens is 405 g/mol. The monoisotopic (exact) mass is 427 g/mol. The molecule has 0 bridgehead atoms. The first-order valence-corrected chi connectivity index (χ1v) is 10.4. The molecule has 0 spiro atoms. The minimum atomic E-state index is -2.05. The second kappa shape index (κ2) is 9.12. The van der Waals surface area contributed by atoms with Crippen molar-refractivity contribution in [3.05, 3.63) is 91.0 Å². The Hall–Kier alpha value is -1.96. The Morgan fingerprint density at radius 2 is 1.00 bits per heavy atom. The van der Waals surface area contributed by atoms with E-state index in [2.05, 4.69) is 72.8 Å². The Labute approximate surface area is 167 Å². The maximum atomic E-state index is 12.8. The topological polar surface area (TPSA) is 20.3 Å². The van der Waals surface area contributed by atoms with Gasteiger partial charge in [-0.1, -0.05) is 54.6 Å². The zero-order valence-corrected chi connectivity index (χ0v) is 17.5. The lowest BCUT2D eigenvalue weighted by Gasteiger charge is -2.28. The van der Waals surface area contributed by atoms with Crippen LogP contribution in [0.2, 0.25) is 0 Å². The average molecular weight is 428 g/mol. The van der Waals surface area contributed by atoms with Crippen LogP contribution in [0.3, 0.4) is 0 Å². The Morgan fingerprint density at radius 3 is 1.27 bits per heavy atom. The number of hydrogen-bond acceptors (Lipinski definition) is 1. The summed E-state index contributed by atoms with van der Waals surface area (Å²) in [6.45, 7) is 0. The Balaban J connectivity index is 0.00000243. The first-order chi connectivity index (χ1) is 12.1. The van der Waals surface area contributed by atoms with E-state index < -0.39 is 7.26 Å². The van der Waals surface area contributed by atoms with Gasteiger partial charge in [0.2, 0.25) is 0 Å². The Morgan fingerprint density at radius 1 is 0.692 bits per heavy atom. The van der Waals surface area contributed by atoms with Crippen molar-refractivity contribution in [2.45, 2.75) is 0 Å². The standard InChI is InChI=1S/C22H23NOP.BrH/c1-23(2)22(24)18-25(19-12-6-3-7-13-19,20-14-8-4-9-15-20)21-16-10-5-11-17-21;/h3-17H,18H2,1-2H3;1H/q+1;/p-1. The molecule has 134 valence electrons. The normalized spacial score (nSPS) is 10.7. The first kappa shape index (κ1) is 20.4. The summed E-state index contributed by atoms with van der Waals surface area (Å²) in [6, 6.07) is 31.5. The summed E-state index contributed by atoms with van der Waals surface area (Å²) >= 11 is 0. The molecule has 2 nitrogen and oxygen atoms in total. The van der Waals surface area contributed by atoms with Gasteiger partial charge in [-0.2, -0.15) is 0 Å². The molecule has 3 rings (SSSR count). The van der Waals surface area contributed by atoms with E-state index in [1.807, 2.05) is 32.3 Å². The van der Waals surface area contributed by atoms with Gasteiger partial charge in [-0.25, -0.2) is 0 Å². The summed E-state index contributed by atoms with van der Waals surface area (Å²) in [5, 5.41) is 3.72. The molecule has 0 saturated carbocycles. The van der Waals surface area contributed by atoms with Crippen LogP contribution in [0.5, 0.6) is 0 Å². The van der Waals surface area contributed by atoms with E-state index >= 15 is 0 Å². The van der Waals surface area contributed by atoms with Crippen molar-refractivity contribution in [2.24, 2.45) is 0 Å². The Kier molecular flexibility index (Phi) is 7.14. The molecule has 0 saturated heterocycles. The van der Waals surface area contributed by atoms with E-state index in [0.717, 1.165) is 0 Å². The molecule has 3 aromatic carbocycles. The highest BCUT2D eigenvalue weighted by molar-refractivity contribution is 7.96. The van der Waals surface area contributed by atoms with E-state index in [-0.39, 0.29) is 22.9 Å². The fourth-order valence-corrected chi connectivity index (χ4v) is 7.29. The van der Waals surface area contributed by atoms with Gasteiger partial charge < -0.3 is 21.9 Å². The summed E-state index contributed by atoms with van der Waals surface area (Å²) in [6.07, 6.45) is 0.498. The zero-order chi connectivity index (χ0) is 17.7. The third-order valence-corrected chi connectivity index (χ3v) is 8.75. The first-order valence-electron chi connectivity index (χ1n) is 8.39. The van der Waals surface area contributed by atoms with Crippen molar-refractivity contribution in [3.8, 4) is 0 Å². The van der Waals surface area contributed by atoms with Gasteiger partial charge >= 0.3 is 0 Å². The van der Waals surface area contributed by atoms with Gasteiger partial charge in [0.05, 0.1) is 0 Å². The van der Waals surface area contributed by atoms with Crippen molar-refractivity contribution < 1.29 is 21.8 Å². The number of carbonyl (C=O) groups is 1. The second-order valence-electron chi connectivity index (χ2n) is 6.26. The lowest BCUT2D eigenvalue weighted by molar-refractivity contribution is -0.125. The summed E-state index contributed by atoms with van der Waals surface area (Å²) in [4.78, 5) is 14.5. The number of amides is 1. The van der Waals surface area contributed by atoms with Crippen molar-refractivity contribution in [1.29, 1.82) is 0 Å². The highest BCUT2D eigenvalue weighted by Crippen LogP contribution is 2.55. The van der Waals surface area contributed by atoms with E-state index in [0.29, 0.717) is 6.16 Å². The van der Waals surface area contributed by atoms with Crippen LogP contribution in [-0.4, -0.2) is 31.1 Å². The quantitative estimate of drug-likeness (QED) is 0.527. The molecule has 0 aliphatic carbocycles. The number of rotatable bonds is 5. The summed E-state index contributed by atoms with van der Waals surface area (Å²) in [5.41, 5.74) is 0. The summed E-state index contributed by atoms with van der Waals surface area (Å²) in [5.74, 6) is 0.157. The Bertz CT molecular complexity index is 726. The zero-order valence-electron chi connectivity index (χ0n) is 15.0. The highest BCUT2D eigenvalue weighted by Gasteiger charge is 2.47. The minimum absolute atomic E-state index is 0. The highest BCUT2D eigenvalue weighted by atomic mass is 79.9. The van der Waals surface area contributed by atoms with Crippen LogP contribution >= 0.6 is 7.26 Å². The minimum Gasteiger partial charge on any atom is -1.00 e. The number of nitrogens with zero attached hydrogens (tertiary/aromatic N) is 1. The SMILES string of the molecule is CN(C)C(=O)C[P+](c1ccccc1)(c1ccccc1)c1ccccc1.[Br-]. The van der Waals surface area contributed by atoms with Gasteiger partial charge in [-0.15, -0.1) is 0 Å². The molecule has 0 unspecified atom stereocenters. The van der Waals surface area contributed by atoms with Gasteiger partial charge in [0.25, 0.3) is 5.91 Å². The third kappa shape index (κ3) is 4.06. The second-order valence-corrected chi connectivity index (χ2v) is 9.75. The predicted octanol–water partition coefficient (Wildman–Crippen LogP) is 0.0727. The molecule has 0 aliphatic rings. The van der Waals surface area contributed by atoms with Crippen LogP contribution in [0.4, 0.5) is 0 Å². The van der Waals surface area contributed by atoms with Crippen molar-refractivity contribution in [1.82, 2.24) is 4.90 Å². The van der Waals surface area contributed by atoms with Crippen molar-refractivity contribution in [3.63, 3.8) is 0 Å². The number of hydrogen-bond donors (Lipinski definition) is 0. The van der Waals surface area contributed by atoms with Gasteiger partial charge in [-0.05, 0) is 36.4 Å². The van der Waals surface area contributed by atoms with Crippen LogP contribution in [0.15, 0.2) is 91.0 Å². The van der Waals surface area contributed by atoms with Crippen LogP contribution in [0, 0.1) is 0 Å². The molecule has 0 heterocycles. The van der Waals surface area contributed by atoms with Crippen molar-refractivity contribution in [2.75, 3.05) is 20.3 Å².